The summed E-state index contributed by atoms with van der Waals surface area (Å²) < 4.78 is 0. The Morgan fingerprint density at radius 3 is 2.38 bits per heavy atom. The summed E-state index contributed by atoms with van der Waals surface area (Å²) in [6.45, 7) is 0. The van der Waals surface area contributed by atoms with Gasteiger partial charge >= 0.3 is 0 Å². The summed E-state index contributed by atoms with van der Waals surface area (Å²) in [5.41, 5.74) is 14.3. The van der Waals surface area contributed by atoms with Crippen LogP contribution in [0.1, 0.15) is 5.56 Å². The van der Waals surface area contributed by atoms with Gasteiger partial charge < -0.3 is 11.5 Å². The second-order valence-electron chi connectivity index (χ2n) is 3.53. The number of hydrogen-bond donors (Lipinski definition) is 2. The summed E-state index contributed by atoms with van der Waals surface area (Å²) in [7, 11) is 0. The Kier molecular flexibility index (Phi) is 3.37. The maximum atomic E-state index is 5.90. The van der Waals surface area contributed by atoms with Gasteiger partial charge in [-0.3, -0.25) is 0 Å². The first kappa shape index (κ1) is 10.9. The molecular formula is C13H14N2S. The molecule has 0 heterocycles. The summed E-state index contributed by atoms with van der Waals surface area (Å²) >= 11 is 1.71. The molecule has 0 radical (unpaired) electrons. The van der Waals surface area contributed by atoms with E-state index in [4.69, 9.17) is 11.5 Å². The quantitative estimate of drug-likeness (QED) is 0.629. The molecule has 0 amide bonds. The third-order valence-electron chi connectivity index (χ3n) is 2.34. The number of para-hydroxylation sites is 1. The lowest BCUT2D eigenvalue weighted by molar-refractivity contribution is 1.38. The van der Waals surface area contributed by atoms with Gasteiger partial charge in [-0.25, -0.2) is 0 Å². The van der Waals surface area contributed by atoms with E-state index in [0.29, 0.717) is 11.4 Å². The third-order valence-corrected chi connectivity index (χ3v) is 3.48. The van der Waals surface area contributed by atoms with Gasteiger partial charge in [0, 0.05) is 10.6 Å². The third kappa shape index (κ3) is 2.49. The van der Waals surface area contributed by atoms with Crippen molar-refractivity contribution >= 4 is 23.1 Å². The van der Waals surface area contributed by atoms with Gasteiger partial charge in [-0.15, -0.1) is 11.8 Å². The molecular weight excluding hydrogens is 216 g/mol. The highest BCUT2D eigenvalue weighted by Crippen LogP contribution is 2.31. The largest absolute Gasteiger partial charge is 0.397 e. The van der Waals surface area contributed by atoms with Gasteiger partial charge in [0.2, 0.25) is 0 Å². The second-order valence-corrected chi connectivity index (χ2v) is 4.55. The SMILES string of the molecule is Nc1cccc(SCc2ccccc2)c1N. The van der Waals surface area contributed by atoms with Crippen LogP contribution in [0.25, 0.3) is 0 Å². The summed E-state index contributed by atoms with van der Waals surface area (Å²) in [5.74, 6) is 0.911. The van der Waals surface area contributed by atoms with Crippen LogP contribution < -0.4 is 11.5 Å². The van der Waals surface area contributed by atoms with Crippen LogP contribution in [-0.2, 0) is 5.75 Å². The van der Waals surface area contributed by atoms with Crippen molar-refractivity contribution in [3.63, 3.8) is 0 Å². The maximum Gasteiger partial charge on any atom is 0.0685 e. The number of anilines is 2. The maximum absolute atomic E-state index is 5.90. The van der Waals surface area contributed by atoms with Crippen molar-refractivity contribution in [1.29, 1.82) is 0 Å². The Balaban J connectivity index is 2.08. The molecule has 82 valence electrons. The van der Waals surface area contributed by atoms with Crippen molar-refractivity contribution in [3.8, 4) is 0 Å². The number of nitrogens with two attached hydrogens (primary N) is 2. The lowest BCUT2D eigenvalue weighted by Gasteiger charge is -2.07. The predicted molar refractivity (Wildman–Crippen MR) is 71.3 cm³/mol. The number of nitrogen functional groups attached to an aromatic ring is 2. The van der Waals surface area contributed by atoms with Crippen LogP contribution in [0.4, 0.5) is 11.4 Å². The Morgan fingerprint density at radius 1 is 0.875 bits per heavy atom. The Labute approximate surface area is 99.7 Å². The molecule has 0 saturated carbocycles. The van der Waals surface area contributed by atoms with E-state index in [1.807, 2.05) is 36.4 Å². The van der Waals surface area contributed by atoms with E-state index in [1.165, 1.54) is 5.56 Å². The highest BCUT2D eigenvalue weighted by Gasteiger charge is 2.02. The van der Waals surface area contributed by atoms with E-state index in [2.05, 4.69) is 12.1 Å². The summed E-state index contributed by atoms with van der Waals surface area (Å²) in [6.07, 6.45) is 0. The van der Waals surface area contributed by atoms with Crippen LogP contribution in [0.5, 0.6) is 0 Å². The van der Waals surface area contributed by atoms with Gasteiger partial charge in [0.15, 0.2) is 0 Å². The molecule has 0 bridgehead atoms. The van der Waals surface area contributed by atoms with Gasteiger partial charge in [0.05, 0.1) is 11.4 Å². The Bertz CT molecular complexity index is 469. The molecule has 0 fully saturated rings. The standard InChI is InChI=1S/C13H14N2S/c14-11-7-4-8-12(13(11)15)16-9-10-5-2-1-3-6-10/h1-8H,9,14-15H2. The molecule has 0 aliphatic heterocycles. The van der Waals surface area contributed by atoms with Crippen molar-refractivity contribution in [2.75, 3.05) is 11.5 Å². The van der Waals surface area contributed by atoms with Crippen LogP contribution in [0, 0.1) is 0 Å². The van der Waals surface area contributed by atoms with Gasteiger partial charge in [-0.1, -0.05) is 36.4 Å². The fraction of sp³-hybridized carbons (Fsp3) is 0.0769. The van der Waals surface area contributed by atoms with E-state index >= 15 is 0 Å². The van der Waals surface area contributed by atoms with Crippen molar-refractivity contribution < 1.29 is 0 Å². The molecule has 3 heteroatoms. The average Bonchev–Trinajstić information content (AvgIpc) is 2.32. The number of hydrogen-bond acceptors (Lipinski definition) is 3. The van der Waals surface area contributed by atoms with E-state index in [0.717, 1.165) is 10.6 Å². The van der Waals surface area contributed by atoms with Crippen molar-refractivity contribution in [1.82, 2.24) is 0 Å². The number of rotatable bonds is 3. The highest BCUT2D eigenvalue weighted by atomic mass is 32.2. The van der Waals surface area contributed by atoms with Crippen molar-refractivity contribution in [3.05, 3.63) is 54.1 Å². The smallest absolute Gasteiger partial charge is 0.0685 e. The van der Waals surface area contributed by atoms with Crippen molar-refractivity contribution in [2.24, 2.45) is 0 Å². The molecule has 0 aliphatic rings. The molecule has 2 aromatic carbocycles. The van der Waals surface area contributed by atoms with Gasteiger partial charge in [-0.05, 0) is 17.7 Å². The molecule has 0 aromatic heterocycles. The normalized spacial score (nSPS) is 10.2. The molecule has 0 aliphatic carbocycles. The summed E-state index contributed by atoms with van der Waals surface area (Å²) in [6, 6.07) is 16.1. The van der Waals surface area contributed by atoms with Gasteiger partial charge in [0.25, 0.3) is 0 Å². The van der Waals surface area contributed by atoms with Gasteiger partial charge in [0.1, 0.15) is 0 Å². The molecule has 2 rings (SSSR count). The highest BCUT2D eigenvalue weighted by molar-refractivity contribution is 7.98. The molecule has 4 N–H and O–H groups in total. The zero-order valence-electron chi connectivity index (χ0n) is 8.89. The minimum atomic E-state index is 0.651. The molecule has 2 nitrogen and oxygen atoms in total. The van der Waals surface area contributed by atoms with E-state index in [1.54, 1.807) is 11.8 Å². The van der Waals surface area contributed by atoms with Crippen LogP contribution in [0.15, 0.2) is 53.4 Å². The van der Waals surface area contributed by atoms with Crippen LogP contribution in [0.2, 0.25) is 0 Å². The minimum Gasteiger partial charge on any atom is -0.397 e. The average molecular weight is 230 g/mol. The molecule has 0 atom stereocenters. The molecule has 16 heavy (non-hydrogen) atoms. The summed E-state index contributed by atoms with van der Waals surface area (Å²) in [5, 5.41) is 0. The van der Waals surface area contributed by atoms with E-state index in [9.17, 15) is 0 Å². The van der Waals surface area contributed by atoms with E-state index in [-0.39, 0.29) is 0 Å². The fourth-order valence-corrected chi connectivity index (χ4v) is 2.38. The Hall–Kier alpha value is -1.61. The monoisotopic (exact) mass is 230 g/mol. The molecule has 0 saturated heterocycles. The zero-order chi connectivity index (χ0) is 11.4. The number of thioether (sulfide) groups is 1. The minimum absolute atomic E-state index is 0.651. The first-order valence-corrected chi connectivity index (χ1v) is 6.06. The first-order chi connectivity index (χ1) is 7.77. The lowest BCUT2D eigenvalue weighted by atomic mass is 10.2. The molecule has 0 spiro atoms. The zero-order valence-corrected chi connectivity index (χ0v) is 9.71. The fourth-order valence-electron chi connectivity index (χ4n) is 1.42. The van der Waals surface area contributed by atoms with Crippen molar-refractivity contribution in [2.45, 2.75) is 10.6 Å². The topological polar surface area (TPSA) is 52.0 Å². The molecule has 2 aromatic rings. The number of benzene rings is 2. The summed E-state index contributed by atoms with van der Waals surface area (Å²) in [4.78, 5) is 1.05. The first-order valence-electron chi connectivity index (χ1n) is 5.08. The van der Waals surface area contributed by atoms with Crippen LogP contribution in [0.3, 0.4) is 0 Å². The van der Waals surface area contributed by atoms with Crippen LogP contribution >= 0.6 is 11.8 Å². The van der Waals surface area contributed by atoms with Crippen LogP contribution in [-0.4, -0.2) is 0 Å². The van der Waals surface area contributed by atoms with E-state index < -0.39 is 0 Å². The predicted octanol–water partition coefficient (Wildman–Crippen LogP) is 3.14. The Morgan fingerprint density at radius 2 is 1.62 bits per heavy atom. The molecule has 0 unspecified atom stereocenters. The second kappa shape index (κ2) is 4.94. The van der Waals surface area contributed by atoms with Gasteiger partial charge in [-0.2, -0.15) is 0 Å². The lowest BCUT2D eigenvalue weighted by Crippen LogP contribution is -1.96.